The van der Waals surface area contributed by atoms with E-state index >= 15 is 0 Å². The number of aliphatic hydroxyl groups is 1. The zero-order valence-electron chi connectivity index (χ0n) is 10.9. The molecule has 98 valence electrons. The summed E-state index contributed by atoms with van der Waals surface area (Å²) in [6.45, 7) is 4.51. The molecule has 5 heteroatoms. The quantitative estimate of drug-likeness (QED) is 0.849. The Bertz CT molecular complexity index is 366. The van der Waals surface area contributed by atoms with E-state index in [1.807, 2.05) is 20.9 Å². The summed E-state index contributed by atoms with van der Waals surface area (Å²) >= 11 is 6.23. The molecule has 4 nitrogen and oxygen atoms in total. The van der Waals surface area contributed by atoms with Gasteiger partial charge in [-0.15, -0.1) is 0 Å². The minimum atomic E-state index is -0.465. The molecular weight excluding hydrogens is 240 g/mol. The summed E-state index contributed by atoms with van der Waals surface area (Å²) in [6.07, 6.45) is 0.844. The van der Waals surface area contributed by atoms with Crippen LogP contribution in [0.25, 0.3) is 0 Å². The zero-order valence-corrected chi connectivity index (χ0v) is 11.7. The Morgan fingerprint density at radius 3 is 2.65 bits per heavy atom. The van der Waals surface area contributed by atoms with E-state index in [4.69, 9.17) is 16.3 Å². The van der Waals surface area contributed by atoms with E-state index < -0.39 is 6.10 Å². The Morgan fingerprint density at radius 2 is 2.18 bits per heavy atom. The van der Waals surface area contributed by atoms with Crippen LogP contribution in [0.5, 0.6) is 0 Å². The summed E-state index contributed by atoms with van der Waals surface area (Å²) in [7, 11) is 3.49. The van der Waals surface area contributed by atoms with Crippen molar-refractivity contribution in [1.29, 1.82) is 0 Å². The predicted octanol–water partition coefficient (Wildman–Crippen LogP) is 1.82. The lowest BCUT2D eigenvalue weighted by molar-refractivity contribution is 0.0564. The van der Waals surface area contributed by atoms with Gasteiger partial charge in [0.2, 0.25) is 0 Å². The molecule has 17 heavy (non-hydrogen) atoms. The van der Waals surface area contributed by atoms with Gasteiger partial charge in [-0.2, -0.15) is 5.10 Å². The molecule has 1 N–H and O–H groups in total. The van der Waals surface area contributed by atoms with E-state index in [-0.39, 0.29) is 5.92 Å². The van der Waals surface area contributed by atoms with E-state index in [1.54, 1.807) is 11.8 Å². The van der Waals surface area contributed by atoms with Crippen LogP contribution >= 0.6 is 11.6 Å². The van der Waals surface area contributed by atoms with Crippen LogP contribution in [-0.2, 0) is 24.6 Å². The van der Waals surface area contributed by atoms with E-state index in [0.717, 1.165) is 17.8 Å². The first-order valence-electron chi connectivity index (χ1n) is 5.88. The van der Waals surface area contributed by atoms with Gasteiger partial charge in [0.25, 0.3) is 0 Å². The minimum Gasteiger partial charge on any atom is -0.392 e. The van der Waals surface area contributed by atoms with Crippen molar-refractivity contribution >= 4 is 11.6 Å². The van der Waals surface area contributed by atoms with Crippen LogP contribution in [0.1, 0.15) is 25.2 Å². The van der Waals surface area contributed by atoms with Gasteiger partial charge in [0.15, 0.2) is 0 Å². The maximum Gasteiger partial charge on any atom is 0.0850 e. The summed E-state index contributed by atoms with van der Waals surface area (Å²) in [5.74, 6) is 0.0797. The highest BCUT2D eigenvalue weighted by molar-refractivity contribution is 6.31. The summed E-state index contributed by atoms with van der Waals surface area (Å²) in [4.78, 5) is 0. The van der Waals surface area contributed by atoms with Gasteiger partial charge < -0.3 is 9.84 Å². The predicted molar refractivity (Wildman–Crippen MR) is 68.3 cm³/mol. The summed E-state index contributed by atoms with van der Waals surface area (Å²) in [5.41, 5.74) is 1.77. The van der Waals surface area contributed by atoms with Crippen LogP contribution in [-0.4, -0.2) is 34.7 Å². The van der Waals surface area contributed by atoms with E-state index in [0.29, 0.717) is 18.1 Å². The molecule has 0 saturated carbocycles. The highest BCUT2D eigenvalue weighted by atomic mass is 35.5. The molecule has 0 spiro atoms. The summed E-state index contributed by atoms with van der Waals surface area (Å²) in [5, 5.41) is 15.1. The third-order valence-electron chi connectivity index (χ3n) is 2.99. The van der Waals surface area contributed by atoms with Crippen LogP contribution in [0.3, 0.4) is 0 Å². The number of rotatable bonds is 6. The maximum absolute atomic E-state index is 10.1. The van der Waals surface area contributed by atoms with Gasteiger partial charge in [-0.1, -0.05) is 25.4 Å². The smallest absolute Gasteiger partial charge is 0.0850 e. The number of halogens is 1. The average molecular weight is 261 g/mol. The van der Waals surface area contributed by atoms with Crippen molar-refractivity contribution in [1.82, 2.24) is 9.78 Å². The van der Waals surface area contributed by atoms with Crippen molar-refractivity contribution in [2.24, 2.45) is 13.0 Å². The number of aryl methyl sites for hydroxylation is 2. The molecule has 1 aromatic rings. The lowest BCUT2D eigenvalue weighted by atomic mass is 10.0. The first kappa shape index (κ1) is 14.5. The first-order valence-corrected chi connectivity index (χ1v) is 6.26. The molecule has 0 aliphatic rings. The van der Waals surface area contributed by atoms with E-state index in [2.05, 4.69) is 5.10 Å². The fraction of sp³-hybridized carbons (Fsp3) is 0.750. The van der Waals surface area contributed by atoms with Crippen LogP contribution in [0.4, 0.5) is 0 Å². The van der Waals surface area contributed by atoms with E-state index in [9.17, 15) is 5.11 Å². The second-order valence-electron chi connectivity index (χ2n) is 4.39. The molecule has 0 bridgehead atoms. The topological polar surface area (TPSA) is 47.3 Å². The Kier molecular flexibility index (Phi) is 5.43. The number of aliphatic hydroxyl groups excluding tert-OH is 1. The lowest BCUT2D eigenvalue weighted by Crippen LogP contribution is -2.25. The highest BCUT2D eigenvalue weighted by Gasteiger charge is 2.20. The van der Waals surface area contributed by atoms with Crippen LogP contribution in [0, 0.1) is 5.92 Å². The monoisotopic (exact) mass is 260 g/mol. The largest absolute Gasteiger partial charge is 0.392 e. The molecule has 0 aromatic carbocycles. The minimum absolute atomic E-state index is 0.0797. The third kappa shape index (κ3) is 3.44. The van der Waals surface area contributed by atoms with Gasteiger partial charge in [-0.25, -0.2) is 0 Å². The Balaban J connectivity index is 2.77. The Morgan fingerprint density at radius 1 is 1.53 bits per heavy atom. The van der Waals surface area contributed by atoms with Crippen molar-refractivity contribution in [3.63, 3.8) is 0 Å². The Hall–Kier alpha value is -0.580. The van der Waals surface area contributed by atoms with Crippen LogP contribution in [0.2, 0.25) is 5.02 Å². The van der Waals surface area contributed by atoms with Gasteiger partial charge in [0, 0.05) is 26.5 Å². The van der Waals surface area contributed by atoms with Gasteiger partial charge in [-0.3, -0.25) is 4.68 Å². The number of hydrogen-bond acceptors (Lipinski definition) is 3. The molecule has 2 unspecified atom stereocenters. The lowest BCUT2D eigenvalue weighted by Gasteiger charge is -2.18. The second-order valence-corrected chi connectivity index (χ2v) is 4.77. The van der Waals surface area contributed by atoms with Crippen molar-refractivity contribution < 1.29 is 9.84 Å². The summed E-state index contributed by atoms with van der Waals surface area (Å²) in [6, 6.07) is 0. The Labute approximate surface area is 108 Å². The number of ether oxygens (including phenoxy) is 1. The highest BCUT2D eigenvalue weighted by Crippen LogP contribution is 2.23. The molecule has 0 aliphatic heterocycles. The van der Waals surface area contributed by atoms with Gasteiger partial charge >= 0.3 is 0 Å². The molecule has 1 rings (SSSR count). The molecule has 0 saturated heterocycles. The second kappa shape index (κ2) is 6.38. The first-order chi connectivity index (χ1) is 8.01. The fourth-order valence-electron chi connectivity index (χ4n) is 1.81. The molecule has 0 fully saturated rings. The molecule has 0 radical (unpaired) electrons. The standard InChI is InChI=1S/C12H21ClN2O2/c1-5-9-12(13)10(15(3)14-9)6-11(16)8(2)7-17-4/h8,11,16H,5-7H2,1-4H3. The number of methoxy groups -OCH3 is 1. The van der Waals surface area contributed by atoms with Crippen LogP contribution < -0.4 is 0 Å². The van der Waals surface area contributed by atoms with Gasteiger partial charge in [-0.05, 0) is 6.42 Å². The van der Waals surface area contributed by atoms with Gasteiger partial charge in [0.05, 0.1) is 29.1 Å². The SMILES string of the molecule is CCc1nn(C)c(CC(O)C(C)COC)c1Cl. The van der Waals surface area contributed by atoms with Crippen molar-refractivity contribution in [2.75, 3.05) is 13.7 Å². The molecule has 0 amide bonds. The molecule has 1 heterocycles. The van der Waals surface area contributed by atoms with Crippen molar-refractivity contribution in [3.8, 4) is 0 Å². The fourth-order valence-corrected chi connectivity index (χ4v) is 2.19. The molecular formula is C12H21ClN2O2. The van der Waals surface area contributed by atoms with E-state index in [1.165, 1.54) is 0 Å². The van der Waals surface area contributed by atoms with Crippen LogP contribution in [0.15, 0.2) is 0 Å². The third-order valence-corrected chi connectivity index (χ3v) is 3.43. The maximum atomic E-state index is 10.1. The van der Waals surface area contributed by atoms with Crippen molar-refractivity contribution in [3.05, 3.63) is 16.4 Å². The number of nitrogens with zero attached hydrogens (tertiary/aromatic N) is 2. The molecule has 2 atom stereocenters. The summed E-state index contributed by atoms with van der Waals surface area (Å²) < 4.78 is 6.79. The zero-order chi connectivity index (χ0) is 13.0. The number of aromatic nitrogens is 2. The van der Waals surface area contributed by atoms with Crippen molar-refractivity contribution in [2.45, 2.75) is 32.8 Å². The molecule has 1 aromatic heterocycles. The number of hydrogen-bond donors (Lipinski definition) is 1. The normalized spacial score (nSPS) is 14.9. The molecule has 0 aliphatic carbocycles. The average Bonchev–Trinajstić information content (AvgIpc) is 2.56. The van der Waals surface area contributed by atoms with Gasteiger partial charge in [0.1, 0.15) is 0 Å².